The maximum Gasteiger partial charge on any atom is 0.149 e. The summed E-state index contributed by atoms with van der Waals surface area (Å²) in [6, 6.07) is 3.70. The number of rotatable bonds is 4. The molecule has 1 aliphatic carbocycles. The van der Waals surface area contributed by atoms with Gasteiger partial charge in [0.15, 0.2) is 0 Å². The van der Waals surface area contributed by atoms with Crippen LogP contribution in [0.1, 0.15) is 31.2 Å². The molecule has 0 bridgehead atoms. The Bertz CT molecular complexity index is 483. The normalized spacial score (nSPS) is 17.4. The molecular weight excluding hydrogens is 238 g/mol. The largest absolute Gasteiger partial charge is 0.396 e. The van der Waals surface area contributed by atoms with Crippen LogP contribution in [-0.2, 0) is 0 Å². The first-order chi connectivity index (χ1) is 9.07. The molecule has 0 saturated heterocycles. The number of aromatic nitrogens is 1. The lowest BCUT2D eigenvalue weighted by Gasteiger charge is -2.36. The summed E-state index contributed by atoms with van der Waals surface area (Å²) in [5, 5.41) is 12.1. The highest BCUT2D eigenvalue weighted by Gasteiger charge is 2.35. The van der Waals surface area contributed by atoms with Crippen molar-refractivity contribution >= 4 is 11.5 Å². The van der Waals surface area contributed by atoms with Crippen LogP contribution in [0.25, 0.3) is 0 Å². The van der Waals surface area contributed by atoms with Gasteiger partial charge in [-0.15, -0.1) is 0 Å². The zero-order valence-electron chi connectivity index (χ0n) is 11.6. The molecule has 0 aromatic carbocycles. The highest BCUT2D eigenvalue weighted by Crippen LogP contribution is 2.34. The molecule has 5 heteroatoms. The predicted octanol–water partition coefficient (Wildman–Crippen LogP) is 1.82. The van der Waals surface area contributed by atoms with E-state index in [-0.39, 0.29) is 5.54 Å². The second-order valence-electron chi connectivity index (χ2n) is 5.45. The van der Waals surface area contributed by atoms with E-state index >= 15 is 0 Å². The molecule has 1 aromatic rings. The number of likely N-dealkylation sites (N-methyl/N-ethyl adjacent to an activating group) is 1. The number of pyridine rings is 1. The Morgan fingerprint density at radius 3 is 2.68 bits per heavy atom. The number of nitriles is 1. The van der Waals surface area contributed by atoms with Crippen LogP contribution in [0.3, 0.4) is 0 Å². The molecule has 1 heterocycles. The number of nitrogens with one attached hydrogen (secondary N) is 1. The monoisotopic (exact) mass is 259 g/mol. The Balaban J connectivity index is 2.08. The van der Waals surface area contributed by atoms with E-state index in [4.69, 9.17) is 11.0 Å². The first-order valence-electron chi connectivity index (χ1n) is 6.64. The van der Waals surface area contributed by atoms with E-state index in [9.17, 15) is 0 Å². The van der Waals surface area contributed by atoms with Gasteiger partial charge in [-0.2, -0.15) is 5.26 Å². The standard InChI is InChI=1S/C14H21N5/c1-19(2)14(5-3-4-6-14)10-18-13-12(16)7-11(8-15)9-17-13/h7,9H,3-6,10,16H2,1-2H3,(H,17,18). The molecule has 1 saturated carbocycles. The topological polar surface area (TPSA) is 78.0 Å². The molecule has 0 radical (unpaired) electrons. The Labute approximate surface area is 114 Å². The van der Waals surface area contributed by atoms with Gasteiger partial charge in [-0.1, -0.05) is 12.8 Å². The molecule has 0 amide bonds. The van der Waals surface area contributed by atoms with Crippen molar-refractivity contribution in [3.05, 3.63) is 17.8 Å². The molecule has 102 valence electrons. The minimum atomic E-state index is 0.196. The first kappa shape index (κ1) is 13.6. The summed E-state index contributed by atoms with van der Waals surface area (Å²) in [7, 11) is 4.26. The second-order valence-corrected chi connectivity index (χ2v) is 5.45. The first-order valence-corrected chi connectivity index (χ1v) is 6.64. The van der Waals surface area contributed by atoms with Crippen LogP contribution in [0.2, 0.25) is 0 Å². The molecule has 0 aliphatic heterocycles. The van der Waals surface area contributed by atoms with Gasteiger partial charge in [-0.05, 0) is 33.0 Å². The van der Waals surface area contributed by atoms with E-state index in [0.717, 1.165) is 6.54 Å². The van der Waals surface area contributed by atoms with E-state index in [1.165, 1.54) is 25.7 Å². The number of nitrogens with zero attached hydrogens (tertiary/aromatic N) is 3. The van der Waals surface area contributed by atoms with Crippen LogP contribution in [-0.4, -0.2) is 36.1 Å². The average molecular weight is 259 g/mol. The summed E-state index contributed by atoms with van der Waals surface area (Å²) in [6.45, 7) is 0.836. The maximum atomic E-state index is 8.80. The number of hydrogen-bond donors (Lipinski definition) is 2. The van der Waals surface area contributed by atoms with Crippen LogP contribution in [0.4, 0.5) is 11.5 Å². The third-order valence-corrected chi connectivity index (χ3v) is 4.11. The lowest BCUT2D eigenvalue weighted by Crippen LogP contribution is -2.47. The Kier molecular flexibility index (Phi) is 3.91. The Hall–Kier alpha value is -1.80. The minimum absolute atomic E-state index is 0.196. The summed E-state index contributed by atoms with van der Waals surface area (Å²) in [5.74, 6) is 0.673. The van der Waals surface area contributed by atoms with E-state index in [1.54, 1.807) is 12.3 Å². The van der Waals surface area contributed by atoms with Gasteiger partial charge in [0.1, 0.15) is 11.9 Å². The highest BCUT2D eigenvalue weighted by molar-refractivity contribution is 5.63. The van der Waals surface area contributed by atoms with Crippen LogP contribution < -0.4 is 11.1 Å². The van der Waals surface area contributed by atoms with Crippen molar-refractivity contribution in [2.45, 2.75) is 31.2 Å². The zero-order chi connectivity index (χ0) is 13.9. The molecule has 1 fully saturated rings. The van der Waals surface area contributed by atoms with Crippen LogP contribution in [0.5, 0.6) is 0 Å². The molecule has 1 aromatic heterocycles. The molecule has 19 heavy (non-hydrogen) atoms. The van der Waals surface area contributed by atoms with Gasteiger partial charge in [0.25, 0.3) is 0 Å². The molecule has 2 rings (SSSR count). The lowest BCUT2D eigenvalue weighted by molar-refractivity contribution is 0.172. The summed E-state index contributed by atoms with van der Waals surface area (Å²) in [4.78, 5) is 6.52. The van der Waals surface area contributed by atoms with E-state index in [0.29, 0.717) is 17.1 Å². The number of nitrogens with two attached hydrogens (primary N) is 1. The second kappa shape index (κ2) is 5.45. The van der Waals surface area contributed by atoms with Gasteiger partial charge in [-0.3, -0.25) is 0 Å². The predicted molar refractivity (Wildman–Crippen MR) is 76.7 cm³/mol. The van der Waals surface area contributed by atoms with Crippen LogP contribution in [0.15, 0.2) is 12.3 Å². The summed E-state index contributed by atoms with van der Waals surface area (Å²) in [5.41, 5.74) is 7.13. The number of nitrogen functional groups attached to an aromatic ring is 1. The molecule has 0 unspecified atom stereocenters. The van der Waals surface area contributed by atoms with E-state index in [1.807, 2.05) is 6.07 Å². The molecular formula is C14H21N5. The molecule has 1 aliphatic rings. The van der Waals surface area contributed by atoms with Crippen LogP contribution >= 0.6 is 0 Å². The molecule has 0 spiro atoms. The number of anilines is 2. The van der Waals surface area contributed by atoms with E-state index < -0.39 is 0 Å². The Morgan fingerprint density at radius 2 is 2.16 bits per heavy atom. The number of hydrogen-bond acceptors (Lipinski definition) is 5. The smallest absolute Gasteiger partial charge is 0.149 e. The van der Waals surface area contributed by atoms with Crippen molar-refractivity contribution in [1.29, 1.82) is 5.26 Å². The molecule has 5 nitrogen and oxygen atoms in total. The fraction of sp³-hybridized carbons (Fsp3) is 0.571. The van der Waals surface area contributed by atoms with Gasteiger partial charge in [0.05, 0.1) is 11.3 Å². The quantitative estimate of drug-likeness (QED) is 0.862. The van der Waals surface area contributed by atoms with Gasteiger partial charge in [0.2, 0.25) is 0 Å². The van der Waals surface area contributed by atoms with Crippen molar-refractivity contribution in [3.63, 3.8) is 0 Å². The summed E-state index contributed by atoms with van der Waals surface area (Å²) < 4.78 is 0. The highest BCUT2D eigenvalue weighted by atomic mass is 15.2. The van der Waals surface area contributed by atoms with Gasteiger partial charge in [0, 0.05) is 18.3 Å². The maximum absolute atomic E-state index is 8.80. The average Bonchev–Trinajstić information content (AvgIpc) is 2.87. The summed E-state index contributed by atoms with van der Waals surface area (Å²) >= 11 is 0. The fourth-order valence-electron chi connectivity index (χ4n) is 2.75. The zero-order valence-corrected chi connectivity index (χ0v) is 11.6. The van der Waals surface area contributed by atoms with Crippen molar-refractivity contribution in [3.8, 4) is 6.07 Å². The SMILES string of the molecule is CN(C)C1(CNc2ncc(C#N)cc2N)CCCC1. The van der Waals surface area contributed by atoms with Crippen molar-refractivity contribution in [1.82, 2.24) is 9.88 Å². The van der Waals surface area contributed by atoms with Gasteiger partial charge in [-0.25, -0.2) is 4.98 Å². The lowest BCUT2D eigenvalue weighted by atomic mass is 9.96. The summed E-state index contributed by atoms with van der Waals surface area (Å²) in [6.07, 6.45) is 6.49. The third-order valence-electron chi connectivity index (χ3n) is 4.11. The Morgan fingerprint density at radius 1 is 1.47 bits per heavy atom. The third kappa shape index (κ3) is 2.79. The van der Waals surface area contributed by atoms with Gasteiger partial charge < -0.3 is 16.0 Å². The van der Waals surface area contributed by atoms with Crippen LogP contribution in [0, 0.1) is 11.3 Å². The van der Waals surface area contributed by atoms with Crippen molar-refractivity contribution in [2.75, 3.05) is 31.7 Å². The van der Waals surface area contributed by atoms with E-state index in [2.05, 4.69) is 29.3 Å². The fourth-order valence-corrected chi connectivity index (χ4v) is 2.75. The van der Waals surface area contributed by atoms with Gasteiger partial charge >= 0.3 is 0 Å². The molecule has 0 atom stereocenters. The minimum Gasteiger partial charge on any atom is -0.396 e. The van der Waals surface area contributed by atoms with Crippen molar-refractivity contribution in [2.24, 2.45) is 0 Å². The van der Waals surface area contributed by atoms with Crippen molar-refractivity contribution < 1.29 is 0 Å². The molecule has 3 N–H and O–H groups in total.